The van der Waals surface area contributed by atoms with E-state index in [4.69, 9.17) is 0 Å². The van der Waals surface area contributed by atoms with Crippen LogP contribution < -0.4 is 9.80 Å². The average molecular weight is 364 g/mol. The van der Waals surface area contributed by atoms with Crippen molar-refractivity contribution in [2.75, 3.05) is 30.4 Å². The highest BCUT2D eigenvalue weighted by atomic mass is 15.4. The van der Waals surface area contributed by atoms with Crippen LogP contribution in [0.3, 0.4) is 0 Å². The second-order valence-electron chi connectivity index (χ2n) is 8.26. The van der Waals surface area contributed by atoms with Crippen molar-refractivity contribution in [1.82, 2.24) is 4.90 Å². The van der Waals surface area contributed by atoms with Crippen molar-refractivity contribution in [2.24, 2.45) is 0 Å². The summed E-state index contributed by atoms with van der Waals surface area (Å²) in [6.45, 7) is 19.0. The predicted octanol–water partition coefficient (Wildman–Crippen LogP) is 5.00. The maximum atomic E-state index is 3.66. The van der Waals surface area contributed by atoms with E-state index >= 15 is 0 Å². The average Bonchev–Trinajstić information content (AvgIpc) is 3.00. The lowest BCUT2D eigenvalue weighted by Crippen LogP contribution is -2.39. The van der Waals surface area contributed by atoms with Gasteiger partial charge in [-0.3, -0.25) is 0 Å². The standard InChI is InChI=1S/C24H33N3/c1-16(13-25(7)8)27-15-26(23-11-9-10-12-24(23)27)14-22-20(5)18(3)17(2)19(4)21(22)6/h9-12,16H,13-14H2,1-8H3. The number of likely N-dealkylation sites (N-methyl/N-ethyl adjacent to an activating group) is 1. The van der Waals surface area contributed by atoms with Crippen LogP contribution in [-0.2, 0) is 6.54 Å². The van der Waals surface area contributed by atoms with Gasteiger partial charge in [-0.05, 0) is 101 Å². The number of fused-ring (bicyclic) bond motifs is 1. The molecule has 27 heavy (non-hydrogen) atoms. The van der Waals surface area contributed by atoms with Crippen molar-refractivity contribution >= 4 is 11.4 Å². The minimum Gasteiger partial charge on any atom is -0.335 e. The zero-order valence-corrected chi connectivity index (χ0v) is 18.1. The summed E-state index contributed by atoms with van der Waals surface area (Å²) < 4.78 is 0. The molecular weight excluding hydrogens is 330 g/mol. The Labute approximate surface area is 165 Å². The van der Waals surface area contributed by atoms with E-state index in [1.807, 2.05) is 0 Å². The number of para-hydroxylation sites is 2. The molecule has 0 N–H and O–H groups in total. The lowest BCUT2D eigenvalue weighted by molar-refractivity contribution is 0.377. The maximum Gasteiger partial charge on any atom is 0.209 e. The molecule has 2 aromatic carbocycles. The van der Waals surface area contributed by atoms with E-state index in [0.29, 0.717) is 6.04 Å². The van der Waals surface area contributed by atoms with Crippen LogP contribution in [0.1, 0.15) is 40.3 Å². The Morgan fingerprint density at radius 2 is 1.37 bits per heavy atom. The minimum absolute atomic E-state index is 0.370. The van der Waals surface area contributed by atoms with Gasteiger partial charge in [0.25, 0.3) is 0 Å². The highest BCUT2D eigenvalue weighted by Gasteiger charge is 2.31. The van der Waals surface area contributed by atoms with Crippen molar-refractivity contribution in [3.63, 3.8) is 0 Å². The first-order valence-corrected chi connectivity index (χ1v) is 9.85. The molecule has 3 heteroatoms. The summed E-state index contributed by atoms with van der Waals surface area (Å²) in [4.78, 5) is 6.83. The Balaban J connectivity index is 1.96. The number of anilines is 2. The van der Waals surface area contributed by atoms with Crippen LogP contribution in [0, 0.1) is 41.3 Å². The first kappa shape index (κ1) is 19.8. The lowest BCUT2D eigenvalue weighted by Gasteiger charge is -2.29. The monoisotopic (exact) mass is 363 g/mol. The van der Waals surface area contributed by atoms with Gasteiger partial charge in [0.2, 0.25) is 6.67 Å². The zero-order valence-electron chi connectivity index (χ0n) is 18.1. The lowest BCUT2D eigenvalue weighted by atomic mass is 9.89. The molecule has 0 fully saturated rings. The second-order valence-corrected chi connectivity index (χ2v) is 8.26. The molecule has 1 unspecified atom stereocenters. The molecule has 0 aromatic heterocycles. The molecule has 1 atom stereocenters. The van der Waals surface area contributed by atoms with Gasteiger partial charge in [-0.25, -0.2) is 0 Å². The molecule has 1 aliphatic rings. The largest absolute Gasteiger partial charge is 0.335 e. The van der Waals surface area contributed by atoms with Crippen molar-refractivity contribution in [2.45, 2.75) is 54.1 Å². The topological polar surface area (TPSA) is 9.72 Å². The molecule has 2 aromatic rings. The van der Waals surface area contributed by atoms with Crippen molar-refractivity contribution in [3.05, 3.63) is 64.3 Å². The van der Waals surface area contributed by atoms with Gasteiger partial charge in [0, 0.05) is 19.1 Å². The van der Waals surface area contributed by atoms with E-state index in [-0.39, 0.29) is 0 Å². The van der Waals surface area contributed by atoms with E-state index in [1.165, 1.54) is 44.8 Å². The Hall–Kier alpha value is -2.00. The molecule has 0 bridgehead atoms. The zero-order chi connectivity index (χ0) is 19.9. The van der Waals surface area contributed by atoms with Gasteiger partial charge in [-0.1, -0.05) is 12.1 Å². The molecule has 2 radical (unpaired) electrons. The molecule has 3 nitrogen and oxygen atoms in total. The van der Waals surface area contributed by atoms with Crippen LogP contribution >= 0.6 is 0 Å². The molecule has 144 valence electrons. The molecule has 0 aliphatic carbocycles. The quantitative estimate of drug-likeness (QED) is 0.740. The van der Waals surface area contributed by atoms with Gasteiger partial charge in [0.15, 0.2) is 0 Å². The summed E-state index contributed by atoms with van der Waals surface area (Å²) in [6, 6.07) is 9.04. The molecule has 0 saturated heterocycles. The summed E-state index contributed by atoms with van der Waals surface area (Å²) in [5.74, 6) is 0. The molecule has 1 aliphatic heterocycles. The number of benzene rings is 2. The summed E-state index contributed by atoms with van der Waals surface area (Å²) in [5.41, 5.74) is 11.0. The van der Waals surface area contributed by atoms with Crippen molar-refractivity contribution in [1.29, 1.82) is 0 Å². The SMILES string of the molecule is Cc1c(C)c(C)c(CN2[C]N(C(C)CN(C)C)c3ccccc32)c(C)c1C. The molecule has 0 spiro atoms. The smallest absolute Gasteiger partial charge is 0.209 e. The third-order valence-electron chi connectivity index (χ3n) is 6.20. The first-order valence-electron chi connectivity index (χ1n) is 9.85. The minimum atomic E-state index is 0.370. The van der Waals surface area contributed by atoms with Crippen LogP contribution in [0.2, 0.25) is 0 Å². The van der Waals surface area contributed by atoms with Gasteiger partial charge in [0.1, 0.15) is 0 Å². The summed E-state index contributed by atoms with van der Waals surface area (Å²) in [7, 11) is 4.25. The summed E-state index contributed by atoms with van der Waals surface area (Å²) in [6.07, 6.45) is 0. The fourth-order valence-corrected chi connectivity index (χ4v) is 4.17. The number of hydrogen-bond donors (Lipinski definition) is 0. The Morgan fingerprint density at radius 3 is 1.93 bits per heavy atom. The fourth-order valence-electron chi connectivity index (χ4n) is 4.17. The van der Waals surface area contributed by atoms with Crippen molar-refractivity contribution in [3.8, 4) is 0 Å². The Morgan fingerprint density at radius 1 is 0.852 bits per heavy atom. The van der Waals surface area contributed by atoms with Gasteiger partial charge in [-0.15, -0.1) is 0 Å². The van der Waals surface area contributed by atoms with E-state index in [0.717, 1.165) is 13.1 Å². The van der Waals surface area contributed by atoms with Crippen LogP contribution in [0.4, 0.5) is 11.4 Å². The number of nitrogens with zero attached hydrogens (tertiary/aromatic N) is 3. The summed E-state index contributed by atoms with van der Waals surface area (Å²) >= 11 is 0. The highest BCUT2D eigenvalue weighted by Crippen LogP contribution is 2.41. The maximum absolute atomic E-state index is 3.66. The Bertz CT molecular complexity index is 809. The van der Waals surface area contributed by atoms with Crippen LogP contribution in [0.5, 0.6) is 0 Å². The third-order valence-corrected chi connectivity index (χ3v) is 6.20. The van der Waals surface area contributed by atoms with Crippen molar-refractivity contribution < 1.29 is 0 Å². The normalized spacial score (nSPS) is 14.9. The van der Waals surface area contributed by atoms with Gasteiger partial charge in [0.05, 0.1) is 11.4 Å². The predicted molar refractivity (Wildman–Crippen MR) is 116 cm³/mol. The number of hydrogen-bond acceptors (Lipinski definition) is 3. The van der Waals surface area contributed by atoms with Gasteiger partial charge >= 0.3 is 0 Å². The number of rotatable bonds is 5. The third kappa shape index (κ3) is 3.58. The van der Waals surface area contributed by atoms with Crippen LogP contribution in [0.15, 0.2) is 24.3 Å². The van der Waals surface area contributed by atoms with Crippen LogP contribution in [0.25, 0.3) is 0 Å². The molecule has 0 saturated carbocycles. The van der Waals surface area contributed by atoms with E-state index in [1.54, 1.807) is 0 Å². The molecule has 3 rings (SSSR count). The summed E-state index contributed by atoms with van der Waals surface area (Å²) in [5, 5.41) is 0. The molecular formula is C24H33N3. The first-order chi connectivity index (χ1) is 12.7. The van der Waals surface area contributed by atoms with Gasteiger partial charge in [-0.2, -0.15) is 0 Å². The highest BCUT2D eigenvalue weighted by molar-refractivity contribution is 5.79. The Kier molecular flexibility index (Phi) is 5.53. The van der Waals surface area contributed by atoms with E-state index in [9.17, 15) is 0 Å². The molecule has 0 amide bonds. The van der Waals surface area contributed by atoms with Gasteiger partial charge < -0.3 is 14.7 Å². The van der Waals surface area contributed by atoms with E-state index < -0.39 is 0 Å². The molecule has 1 heterocycles. The van der Waals surface area contributed by atoms with E-state index in [2.05, 4.69) is 101 Å². The van der Waals surface area contributed by atoms with Crippen LogP contribution in [-0.4, -0.2) is 31.6 Å². The fraction of sp³-hybridized carbons (Fsp3) is 0.458. The second kappa shape index (κ2) is 7.55.